The molecule has 0 unspecified atom stereocenters. The first kappa shape index (κ1) is 18.4. The summed E-state index contributed by atoms with van der Waals surface area (Å²) >= 11 is 1.79. The van der Waals surface area contributed by atoms with E-state index >= 15 is 0 Å². The molecule has 1 aliphatic rings. The Morgan fingerprint density at radius 1 is 1.08 bits per heavy atom. The first-order chi connectivity index (χ1) is 12.3. The monoisotopic (exact) mass is 379 g/mol. The Morgan fingerprint density at radius 2 is 1.73 bits per heavy atom. The van der Waals surface area contributed by atoms with Crippen molar-refractivity contribution in [3.63, 3.8) is 0 Å². The molecule has 1 aliphatic carbocycles. The maximum atomic E-state index is 13.0. The zero-order valence-corrected chi connectivity index (χ0v) is 15.7. The van der Waals surface area contributed by atoms with Gasteiger partial charge in [-0.2, -0.15) is 16.9 Å². The third-order valence-electron chi connectivity index (χ3n) is 4.90. The van der Waals surface area contributed by atoms with Gasteiger partial charge < -0.3 is 5.10 Å². The molecule has 0 bridgehead atoms. The van der Waals surface area contributed by atoms with Crippen LogP contribution >= 0.6 is 11.8 Å². The van der Waals surface area contributed by atoms with Gasteiger partial charge in [-0.25, -0.2) is 9.48 Å². The molecule has 0 radical (unpaired) electrons. The summed E-state index contributed by atoms with van der Waals surface area (Å²) in [5.41, 5.74) is -3.05. The van der Waals surface area contributed by atoms with E-state index in [4.69, 9.17) is 0 Å². The highest BCUT2D eigenvalue weighted by atomic mass is 32.2. The molecule has 2 aromatic rings. The number of H-pyrrole nitrogens is 1. The highest BCUT2D eigenvalue weighted by Gasteiger charge is 2.27. The predicted molar refractivity (Wildman–Crippen MR) is 99.8 cm³/mol. The van der Waals surface area contributed by atoms with E-state index in [2.05, 4.69) is 16.5 Å². The van der Waals surface area contributed by atoms with Gasteiger partial charge in [0.05, 0.1) is 5.56 Å². The summed E-state index contributed by atoms with van der Waals surface area (Å²) in [6.45, 7) is 0. The van der Waals surface area contributed by atoms with Crippen LogP contribution in [0.2, 0.25) is 0 Å². The molecule has 2 heterocycles. The maximum absolute atomic E-state index is 13.0. The van der Waals surface area contributed by atoms with Gasteiger partial charge in [0.15, 0.2) is 5.69 Å². The van der Waals surface area contributed by atoms with Crippen molar-refractivity contribution in [2.45, 2.75) is 37.0 Å². The molecule has 1 fully saturated rings. The second-order valence-corrected chi connectivity index (χ2v) is 7.61. The van der Waals surface area contributed by atoms with Crippen molar-refractivity contribution in [1.29, 1.82) is 0 Å². The van der Waals surface area contributed by atoms with Gasteiger partial charge in [0.1, 0.15) is 0 Å². The first-order valence-corrected chi connectivity index (χ1v) is 9.65. The van der Waals surface area contributed by atoms with Crippen molar-refractivity contribution in [2.75, 3.05) is 6.26 Å². The number of aryl methyl sites for hydroxylation is 2. The molecule has 0 spiro atoms. The fraction of sp³-hybridized carbons (Fsp3) is 0.562. The molecule has 2 aromatic heterocycles. The number of nitrogens with zero attached hydrogens (tertiary/aromatic N) is 4. The van der Waals surface area contributed by atoms with Crippen molar-refractivity contribution < 1.29 is 0 Å². The summed E-state index contributed by atoms with van der Waals surface area (Å²) in [6, 6.07) is -0.225. The van der Waals surface area contributed by atoms with Crippen LogP contribution in [0.3, 0.4) is 0 Å². The minimum absolute atomic E-state index is 0.125. The van der Waals surface area contributed by atoms with Crippen LogP contribution in [0, 0.1) is 0 Å². The van der Waals surface area contributed by atoms with E-state index in [1.54, 1.807) is 11.8 Å². The Kier molecular flexibility index (Phi) is 5.03. The smallest absolute Gasteiger partial charge is 0.302 e. The normalized spacial score (nSPS) is 20.3. The van der Waals surface area contributed by atoms with E-state index in [9.17, 15) is 19.2 Å². The van der Waals surface area contributed by atoms with E-state index in [0.29, 0.717) is 5.25 Å². The maximum Gasteiger partial charge on any atom is 0.347 e. The number of nitrogens with one attached hydrogen (secondary N) is 1. The minimum atomic E-state index is -0.827. The molecule has 140 valence electrons. The van der Waals surface area contributed by atoms with E-state index in [-0.39, 0.29) is 17.3 Å². The summed E-state index contributed by atoms with van der Waals surface area (Å²) in [6.07, 6.45) is 6.61. The molecule has 0 atom stereocenters. The van der Waals surface area contributed by atoms with Gasteiger partial charge in [0.2, 0.25) is 0 Å². The lowest BCUT2D eigenvalue weighted by atomic mass is 9.94. The Labute approximate surface area is 152 Å². The van der Waals surface area contributed by atoms with Crippen LogP contribution in [0.1, 0.15) is 31.7 Å². The second-order valence-electron chi connectivity index (χ2n) is 6.48. The van der Waals surface area contributed by atoms with Gasteiger partial charge in [-0.3, -0.25) is 23.6 Å². The van der Waals surface area contributed by atoms with Gasteiger partial charge in [-0.15, -0.1) is 0 Å². The summed E-state index contributed by atoms with van der Waals surface area (Å²) < 4.78 is 3.26. The molecule has 26 heavy (non-hydrogen) atoms. The highest BCUT2D eigenvalue weighted by Crippen LogP contribution is 2.32. The van der Waals surface area contributed by atoms with E-state index in [0.717, 1.165) is 35.0 Å². The SMILES string of the molecule is CSC1CCC(n2c(=O)c(-c3c[nH]n(C)c(=O)c3=O)nn(C)c2=O)CC1. The molecule has 3 rings (SSSR count). The van der Waals surface area contributed by atoms with Gasteiger partial charge in [0.25, 0.3) is 11.0 Å². The molecule has 0 aliphatic heterocycles. The Hall–Kier alpha value is -2.36. The summed E-state index contributed by atoms with van der Waals surface area (Å²) in [5, 5.41) is 7.10. The van der Waals surface area contributed by atoms with E-state index in [1.807, 2.05) is 0 Å². The van der Waals surface area contributed by atoms with E-state index < -0.39 is 22.2 Å². The minimum Gasteiger partial charge on any atom is -0.302 e. The van der Waals surface area contributed by atoms with Gasteiger partial charge in [0, 0.05) is 31.6 Å². The average molecular weight is 379 g/mol. The van der Waals surface area contributed by atoms with Crippen LogP contribution in [0.25, 0.3) is 11.3 Å². The van der Waals surface area contributed by atoms with Crippen LogP contribution in [-0.2, 0) is 14.1 Å². The van der Waals surface area contributed by atoms with Crippen molar-refractivity contribution >= 4 is 11.8 Å². The quantitative estimate of drug-likeness (QED) is 0.742. The molecule has 1 saturated carbocycles. The average Bonchev–Trinajstić information content (AvgIpc) is 2.64. The first-order valence-electron chi connectivity index (χ1n) is 8.37. The van der Waals surface area contributed by atoms with Crippen LogP contribution in [0.5, 0.6) is 0 Å². The fourth-order valence-corrected chi connectivity index (χ4v) is 4.10. The van der Waals surface area contributed by atoms with Gasteiger partial charge in [-0.05, 0) is 31.9 Å². The molecular weight excluding hydrogens is 358 g/mol. The number of hydrogen-bond acceptors (Lipinski definition) is 6. The van der Waals surface area contributed by atoms with Crippen LogP contribution in [-0.4, -0.2) is 35.6 Å². The van der Waals surface area contributed by atoms with Crippen molar-refractivity contribution in [1.82, 2.24) is 24.1 Å². The van der Waals surface area contributed by atoms with Crippen LogP contribution in [0.15, 0.2) is 25.4 Å². The fourth-order valence-electron chi connectivity index (χ4n) is 3.35. The third-order valence-corrected chi connectivity index (χ3v) is 6.04. The molecule has 9 nitrogen and oxygen atoms in total. The lowest BCUT2D eigenvalue weighted by Gasteiger charge is -2.28. The number of rotatable bonds is 3. The molecule has 10 heteroatoms. The molecular formula is C16H21N5O4S. The topological polar surface area (TPSA) is 112 Å². The standard InChI is InChI=1S/C16H21N5O4S/c1-19-15(24)13(22)11(8-17-19)12-14(23)21(16(25)20(2)18-12)9-4-6-10(26-3)7-5-9/h8-10,17H,4-7H2,1-3H3. The van der Waals surface area contributed by atoms with Crippen molar-refractivity contribution in [2.24, 2.45) is 14.1 Å². The predicted octanol–water partition coefficient (Wildman–Crippen LogP) is -0.157. The zero-order valence-electron chi connectivity index (χ0n) is 14.9. The molecule has 0 saturated heterocycles. The highest BCUT2D eigenvalue weighted by molar-refractivity contribution is 7.99. The van der Waals surface area contributed by atoms with Crippen molar-refractivity contribution in [3.05, 3.63) is 47.6 Å². The molecule has 0 amide bonds. The van der Waals surface area contributed by atoms with Gasteiger partial charge in [-0.1, -0.05) is 0 Å². The number of aromatic amines is 1. The van der Waals surface area contributed by atoms with Gasteiger partial charge >= 0.3 is 11.2 Å². The number of hydrogen-bond donors (Lipinski definition) is 1. The largest absolute Gasteiger partial charge is 0.347 e. The lowest BCUT2D eigenvalue weighted by Crippen LogP contribution is -2.45. The Morgan fingerprint density at radius 3 is 2.35 bits per heavy atom. The van der Waals surface area contributed by atoms with E-state index in [1.165, 1.54) is 24.9 Å². The van der Waals surface area contributed by atoms with Crippen LogP contribution in [0.4, 0.5) is 0 Å². The second kappa shape index (κ2) is 7.10. The summed E-state index contributed by atoms with van der Waals surface area (Å²) in [7, 11) is 2.84. The number of thioether (sulfide) groups is 1. The van der Waals surface area contributed by atoms with Crippen molar-refractivity contribution in [3.8, 4) is 11.3 Å². The number of aromatic nitrogens is 5. The Balaban J connectivity index is 2.16. The molecule has 0 aromatic carbocycles. The lowest BCUT2D eigenvalue weighted by molar-refractivity contribution is 0.332. The van der Waals surface area contributed by atoms with Crippen LogP contribution < -0.4 is 22.2 Å². The zero-order chi connectivity index (χ0) is 19.0. The molecule has 1 N–H and O–H groups in total. The Bertz CT molecular complexity index is 1060. The summed E-state index contributed by atoms with van der Waals surface area (Å²) in [5.74, 6) is 0. The summed E-state index contributed by atoms with van der Waals surface area (Å²) in [4.78, 5) is 49.7. The third kappa shape index (κ3) is 3.09.